The van der Waals surface area contributed by atoms with Crippen molar-refractivity contribution < 1.29 is 14.3 Å². The number of rotatable bonds is 7. The molecular formula is C19H27N3O3. The fourth-order valence-corrected chi connectivity index (χ4v) is 2.68. The summed E-state index contributed by atoms with van der Waals surface area (Å²) in [7, 11) is 3.19. The number of aryl methyl sites for hydroxylation is 1. The summed E-state index contributed by atoms with van der Waals surface area (Å²) in [5.74, 6) is 1.37. The Balaban J connectivity index is 2.22. The van der Waals surface area contributed by atoms with Gasteiger partial charge in [-0.15, -0.1) is 0 Å². The molecule has 6 nitrogen and oxygen atoms in total. The lowest BCUT2D eigenvalue weighted by Crippen LogP contribution is -2.27. The molecule has 1 atom stereocenters. The molecule has 25 heavy (non-hydrogen) atoms. The van der Waals surface area contributed by atoms with E-state index >= 15 is 0 Å². The lowest BCUT2D eigenvalue weighted by atomic mass is 10.0. The Morgan fingerprint density at radius 3 is 2.44 bits per heavy atom. The molecule has 1 aromatic carbocycles. The molecule has 0 unspecified atom stereocenters. The van der Waals surface area contributed by atoms with E-state index in [2.05, 4.69) is 10.4 Å². The average molecular weight is 345 g/mol. The smallest absolute Gasteiger partial charge is 0.255 e. The topological polar surface area (TPSA) is 65.4 Å². The first-order chi connectivity index (χ1) is 11.9. The first-order valence-electron chi connectivity index (χ1n) is 8.51. The first kappa shape index (κ1) is 18.8. The molecule has 1 heterocycles. The van der Waals surface area contributed by atoms with Crippen LogP contribution in [0.2, 0.25) is 0 Å². The number of benzene rings is 1. The van der Waals surface area contributed by atoms with Gasteiger partial charge in [-0.1, -0.05) is 19.9 Å². The van der Waals surface area contributed by atoms with E-state index in [-0.39, 0.29) is 17.9 Å². The van der Waals surface area contributed by atoms with E-state index < -0.39 is 0 Å². The normalized spacial score (nSPS) is 12.1. The fourth-order valence-electron chi connectivity index (χ4n) is 2.68. The summed E-state index contributed by atoms with van der Waals surface area (Å²) in [5, 5.41) is 7.54. The molecule has 0 fully saturated rings. The minimum absolute atomic E-state index is 0.120. The Morgan fingerprint density at radius 1 is 1.20 bits per heavy atom. The van der Waals surface area contributed by atoms with Gasteiger partial charge >= 0.3 is 0 Å². The highest BCUT2D eigenvalue weighted by Gasteiger charge is 2.20. The van der Waals surface area contributed by atoms with Crippen molar-refractivity contribution in [2.24, 2.45) is 0 Å². The van der Waals surface area contributed by atoms with Crippen LogP contribution in [0.4, 0.5) is 0 Å². The summed E-state index contributed by atoms with van der Waals surface area (Å²) in [6, 6.07) is 5.47. The monoisotopic (exact) mass is 345 g/mol. The maximum atomic E-state index is 12.7. The van der Waals surface area contributed by atoms with Crippen LogP contribution in [0.25, 0.3) is 0 Å². The molecule has 1 aromatic heterocycles. The minimum Gasteiger partial charge on any atom is -0.493 e. The van der Waals surface area contributed by atoms with Crippen molar-refractivity contribution >= 4 is 5.91 Å². The second-order valence-electron chi connectivity index (χ2n) is 6.25. The van der Waals surface area contributed by atoms with Crippen LogP contribution < -0.4 is 14.8 Å². The summed E-state index contributed by atoms with van der Waals surface area (Å²) in [4.78, 5) is 12.7. The highest BCUT2D eigenvalue weighted by atomic mass is 16.5. The van der Waals surface area contributed by atoms with Gasteiger partial charge in [0.1, 0.15) is 0 Å². The van der Waals surface area contributed by atoms with Crippen molar-refractivity contribution in [3.8, 4) is 11.5 Å². The molecule has 0 bridgehead atoms. The Bertz CT molecular complexity index is 738. The highest BCUT2D eigenvalue weighted by molar-refractivity contribution is 5.95. The molecule has 0 aliphatic rings. The average Bonchev–Trinajstić information content (AvgIpc) is 3.05. The number of aromatic nitrogens is 2. The van der Waals surface area contributed by atoms with Gasteiger partial charge in [0.05, 0.1) is 31.5 Å². The van der Waals surface area contributed by atoms with E-state index in [1.807, 2.05) is 52.1 Å². The maximum absolute atomic E-state index is 12.7. The molecule has 0 aliphatic carbocycles. The van der Waals surface area contributed by atoms with Gasteiger partial charge in [0.25, 0.3) is 5.91 Å². The summed E-state index contributed by atoms with van der Waals surface area (Å²) in [6.07, 6.45) is 1.81. The third-order valence-electron chi connectivity index (χ3n) is 4.16. The number of carbonyl (C=O) groups excluding carboxylic acids is 1. The number of amides is 1. The van der Waals surface area contributed by atoms with E-state index in [4.69, 9.17) is 9.47 Å². The molecule has 0 radical (unpaired) electrons. The van der Waals surface area contributed by atoms with E-state index in [0.717, 1.165) is 17.8 Å². The van der Waals surface area contributed by atoms with Gasteiger partial charge in [-0.3, -0.25) is 9.48 Å². The van der Waals surface area contributed by atoms with Crippen molar-refractivity contribution in [3.05, 3.63) is 41.2 Å². The van der Waals surface area contributed by atoms with Gasteiger partial charge in [-0.05, 0) is 37.5 Å². The number of nitrogens with zero attached hydrogens (tertiary/aromatic N) is 2. The molecule has 136 valence electrons. The zero-order valence-electron chi connectivity index (χ0n) is 15.8. The number of hydrogen-bond donors (Lipinski definition) is 1. The number of carbonyl (C=O) groups is 1. The molecule has 0 aliphatic heterocycles. The molecule has 0 saturated carbocycles. The zero-order chi connectivity index (χ0) is 18.6. The molecule has 2 aromatic rings. The third kappa shape index (κ3) is 4.13. The van der Waals surface area contributed by atoms with Crippen LogP contribution in [-0.4, -0.2) is 29.9 Å². The van der Waals surface area contributed by atoms with Gasteiger partial charge in [0, 0.05) is 12.7 Å². The maximum Gasteiger partial charge on any atom is 0.255 e. The van der Waals surface area contributed by atoms with Crippen molar-refractivity contribution in [1.29, 1.82) is 0 Å². The summed E-state index contributed by atoms with van der Waals surface area (Å²) >= 11 is 0. The quantitative estimate of drug-likeness (QED) is 0.834. The molecular weight excluding hydrogens is 318 g/mol. The molecule has 6 heteroatoms. The van der Waals surface area contributed by atoms with Gasteiger partial charge < -0.3 is 14.8 Å². The number of nitrogens with one attached hydrogen (secondary N) is 1. The van der Waals surface area contributed by atoms with Gasteiger partial charge in [0.15, 0.2) is 11.5 Å². The van der Waals surface area contributed by atoms with Crippen LogP contribution in [0.3, 0.4) is 0 Å². The standard InChI is InChI=1S/C19H27N3O3/c1-7-22-11-15(18(21-22)12(2)3)19(23)20-13(4)14-8-9-16(24-5)17(10-14)25-6/h8-13H,7H2,1-6H3,(H,20,23)/t13-/m0/s1. The largest absolute Gasteiger partial charge is 0.493 e. The van der Waals surface area contributed by atoms with E-state index in [1.165, 1.54) is 0 Å². The van der Waals surface area contributed by atoms with Gasteiger partial charge in [-0.25, -0.2) is 0 Å². The Labute approximate surface area is 149 Å². The van der Waals surface area contributed by atoms with Gasteiger partial charge in [-0.2, -0.15) is 5.10 Å². The number of ether oxygens (including phenoxy) is 2. The number of hydrogen-bond acceptors (Lipinski definition) is 4. The predicted molar refractivity (Wildman–Crippen MR) is 97.4 cm³/mol. The van der Waals surface area contributed by atoms with Gasteiger partial charge in [0.2, 0.25) is 0 Å². The lowest BCUT2D eigenvalue weighted by molar-refractivity contribution is 0.0938. The zero-order valence-corrected chi connectivity index (χ0v) is 15.8. The Kier molecular flexibility index (Phi) is 6.07. The molecule has 1 amide bonds. The van der Waals surface area contributed by atoms with Crippen LogP contribution in [0, 0.1) is 0 Å². The third-order valence-corrected chi connectivity index (χ3v) is 4.16. The van der Waals surface area contributed by atoms with E-state index in [9.17, 15) is 4.79 Å². The van der Waals surface area contributed by atoms with Crippen LogP contribution in [0.1, 0.15) is 61.3 Å². The summed E-state index contributed by atoms with van der Waals surface area (Å²) < 4.78 is 12.4. The van der Waals surface area contributed by atoms with Crippen molar-refractivity contribution in [1.82, 2.24) is 15.1 Å². The van der Waals surface area contributed by atoms with Crippen LogP contribution in [0.5, 0.6) is 11.5 Å². The Hall–Kier alpha value is -2.50. The summed E-state index contributed by atoms with van der Waals surface area (Å²) in [6.45, 7) is 8.76. The first-order valence-corrected chi connectivity index (χ1v) is 8.51. The highest BCUT2D eigenvalue weighted by Crippen LogP contribution is 2.30. The second-order valence-corrected chi connectivity index (χ2v) is 6.25. The van der Waals surface area contributed by atoms with Crippen LogP contribution in [-0.2, 0) is 6.54 Å². The fraction of sp³-hybridized carbons (Fsp3) is 0.474. The van der Waals surface area contributed by atoms with Crippen LogP contribution in [0.15, 0.2) is 24.4 Å². The van der Waals surface area contributed by atoms with Crippen molar-refractivity contribution in [2.45, 2.75) is 46.2 Å². The predicted octanol–water partition coefficient (Wildman–Crippen LogP) is 3.53. The Morgan fingerprint density at radius 2 is 1.88 bits per heavy atom. The SMILES string of the molecule is CCn1cc(C(=O)N[C@@H](C)c2ccc(OC)c(OC)c2)c(C(C)C)n1. The molecule has 1 N–H and O–H groups in total. The van der Waals surface area contributed by atoms with E-state index in [0.29, 0.717) is 17.1 Å². The minimum atomic E-state index is -0.169. The van der Waals surface area contributed by atoms with E-state index in [1.54, 1.807) is 18.9 Å². The second kappa shape index (κ2) is 8.05. The molecule has 0 spiro atoms. The molecule has 0 saturated heterocycles. The summed E-state index contributed by atoms with van der Waals surface area (Å²) in [5.41, 5.74) is 2.39. The van der Waals surface area contributed by atoms with Crippen LogP contribution >= 0.6 is 0 Å². The molecule has 2 rings (SSSR count). The van der Waals surface area contributed by atoms with Crippen molar-refractivity contribution in [2.75, 3.05) is 14.2 Å². The lowest BCUT2D eigenvalue weighted by Gasteiger charge is -2.17. The number of methoxy groups -OCH3 is 2. The van der Waals surface area contributed by atoms with Crippen molar-refractivity contribution in [3.63, 3.8) is 0 Å².